The number of amides is 2. The first-order valence-electron chi connectivity index (χ1n) is 9.24. The van der Waals surface area contributed by atoms with Gasteiger partial charge < -0.3 is 15.7 Å². The number of hydrogen-bond donors (Lipinski definition) is 3. The molecule has 1 fully saturated rings. The summed E-state index contributed by atoms with van der Waals surface area (Å²) in [5.74, 6) is -0.629. The molecule has 0 bridgehead atoms. The van der Waals surface area contributed by atoms with Crippen molar-refractivity contribution in [1.29, 1.82) is 0 Å². The van der Waals surface area contributed by atoms with Crippen molar-refractivity contribution in [3.05, 3.63) is 59.7 Å². The Labute approximate surface area is 164 Å². The average Bonchev–Trinajstić information content (AvgIpc) is 3.39. The smallest absolute Gasteiger partial charge is 0.313 e. The Bertz CT molecular complexity index is 901. The number of carboxylic acid groups (broad SMARTS) is 1. The fraction of sp³-hybridized carbons (Fsp3) is 0.318. The van der Waals surface area contributed by atoms with Crippen LogP contribution in [-0.2, 0) is 15.0 Å². The number of rotatable bonds is 6. The topological polar surface area (TPSA) is 95.5 Å². The van der Waals surface area contributed by atoms with Gasteiger partial charge in [0.25, 0.3) is 5.91 Å². The van der Waals surface area contributed by atoms with Crippen LogP contribution in [0.3, 0.4) is 0 Å². The van der Waals surface area contributed by atoms with Crippen LogP contribution >= 0.6 is 0 Å². The zero-order chi connectivity index (χ0) is 20.5. The Morgan fingerprint density at radius 3 is 1.93 bits per heavy atom. The summed E-state index contributed by atoms with van der Waals surface area (Å²) in [6.45, 7) is 5.31. The molecule has 6 heteroatoms. The van der Waals surface area contributed by atoms with Gasteiger partial charge in [0.2, 0.25) is 5.91 Å². The summed E-state index contributed by atoms with van der Waals surface area (Å²) >= 11 is 0. The minimum atomic E-state index is -0.999. The lowest BCUT2D eigenvalue weighted by atomic mass is 9.85. The number of hydrogen-bond acceptors (Lipinski definition) is 3. The molecule has 0 saturated heterocycles. The van der Waals surface area contributed by atoms with Crippen molar-refractivity contribution in [1.82, 2.24) is 0 Å². The van der Waals surface area contributed by atoms with Crippen LogP contribution in [0.1, 0.15) is 43.1 Å². The molecular formula is C22H24N2O4. The molecule has 6 nitrogen and oxygen atoms in total. The second-order valence-corrected chi connectivity index (χ2v) is 7.85. The molecule has 1 aliphatic carbocycles. The highest BCUT2D eigenvalue weighted by Crippen LogP contribution is 2.38. The van der Waals surface area contributed by atoms with Gasteiger partial charge in [-0.2, -0.15) is 0 Å². The summed E-state index contributed by atoms with van der Waals surface area (Å²) in [5.41, 5.74) is 1.37. The van der Waals surface area contributed by atoms with Gasteiger partial charge in [0, 0.05) is 22.9 Å². The van der Waals surface area contributed by atoms with Gasteiger partial charge >= 0.3 is 5.97 Å². The average molecular weight is 380 g/mol. The Morgan fingerprint density at radius 1 is 0.929 bits per heavy atom. The zero-order valence-electron chi connectivity index (χ0n) is 16.2. The summed E-state index contributed by atoms with van der Waals surface area (Å²) in [4.78, 5) is 35.7. The van der Waals surface area contributed by atoms with Gasteiger partial charge in [-0.25, -0.2) is 0 Å². The molecule has 0 radical (unpaired) electrons. The van der Waals surface area contributed by atoms with Gasteiger partial charge in [-0.05, 0) is 68.1 Å². The van der Waals surface area contributed by atoms with E-state index in [4.69, 9.17) is 0 Å². The summed E-state index contributed by atoms with van der Waals surface area (Å²) < 4.78 is 0. The van der Waals surface area contributed by atoms with E-state index in [9.17, 15) is 19.5 Å². The SMILES string of the molecule is CC1CC1C(=O)Nc1ccc(C(=O)Nc2ccc(C(C)(C)C(=O)O)cc2)cc1. The van der Waals surface area contributed by atoms with Crippen molar-refractivity contribution in [3.8, 4) is 0 Å². The van der Waals surface area contributed by atoms with E-state index in [1.807, 2.05) is 6.92 Å². The lowest BCUT2D eigenvalue weighted by molar-refractivity contribution is -0.142. The Kier molecular flexibility index (Phi) is 5.23. The quantitative estimate of drug-likeness (QED) is 0.708. The fourth-order valence-corrected chi connectivity index (χ4v) is 2.92. The molecule has 146 valence electrons. The largest absolute Gasteiger partial charge is 0.481 e. The number of aliphatic carboxylic acids is 1. The number of benzene rings is 2. The van der Waals surface area contributed by atoms with Crippen molar-refractivity contribution in [3.63, 3.8) is 0 Å². The number of anilines is 2. The van der Waals surface area contributed by atoms with E-state index in [-0.39, 0.29) is 17.7 Å². The van der Waals surface area contributed by atoms with Crippen LogP contribution in [0.4, 0.5) is 11.4 Å². The lowest BCUT2D eigenvalue weighted by Crippen LogP contribution is -2.28. The van der Waals surface area contributed by atoms with E-state index in [0.29, 0.717) is 28.4 Å². The minimum absolute atomic E-state index is 0.0223. The minimum Gasteiger partial charge on any atom is -0.481 e. The normalized spacial score (nSPS) is 18.2. The summed E-state index contributed by atoms with van der Waals surface area (Å²) in [7, 11) is 0. The van der Waals surface area contributed by atoms with Gasteiger partial charge in [0.15, 0.2) is 0 Å². The van der Waals surface area contributed by atoms with Crippen LogP contribution in [0.15, 0.2) is 48.5 Å². The molecule has 2 atom stereocenters. The van der Waals surface area contributed by atoms with Gasteiger partial charge in [-0.1, -0.05) is 19.1 Å². The third-order valence-electron chi connectivity index (χ3n) is 5.26. The highest BCUT2D eigenvalue weighted by molar-refractivity contribution is 6.04. The van der Waals surface area contributed by atoms with E-state index in [1.165, 1.54) is 0 Å². The first kappa shape index (κ1) is 19.6. The van der Waals surface area contributed by atoms with Crippen LogP contribution in [0.25, 0.3) is 0 Å². The maximum atomic E-state index is 12.4. The van der Waals surface area contributed by atoms with Crippen molar-refractivity contribution < 1.29 is 19.5 Å². The van der Waals surface area contributed by atoms with E-state index in [2.05, 4.69) is 10.6 Å². The summed E-state index contributed by atoms with van der Waals surface area (Å²) in [6.07, 6.45) is 0.925. The maximum absolute atomic E-state index is 12.4. The molecule has 0 heterocycles. The first-order chi connectivity index (χ1) is 13.2. The molecule has 0 spiro atoms. The lowest BCUT2D eigenvalue weighted by Gasteiger charge is -2.19. The van der Waals surface area contributed by atoms with E-state index >= 15 is 0 Å². The van der Waals surface area contributed by atoms with Crippen molar-refractivity contribution >= 4 is 29.2 Å². The maximum Gasteiger partial charge on any atom is 0.313 e. The predicted molar refractivity (Wildman–Crippen MR) is 107 cm³/mol. The van der Waals surface area contributed by atoms with Crippen LogP contribution in [0.5, 0.6) is 0 Å². The number of carboxylic acids is 1. The molecule has 1 saturated carbocycles. The molecule has 0 aromatic heterocycles. The molecule has 2 aromatic rings. The Hall–Kier alpha value is -3.15. The van der Waals surface area contributed by atoms with Gasteiger partial charge in [0.05, 0.1) is 5.41 Å². The van der Waals surface area contributed by atoms with E-state index < -0.39 is 11.4 Å². The van der Waals surface area contributed by atoms with Crippen molar-refractivity contribution in [2.75, 3.05) is 10.6 Å². The number of carbonyl (C=O) groups excluding carboxylic acids is 2. The molecule has 2 amide bonds. The van der Waals surface area contributed by atoms with Crippen LogP contribution in [0.2, 0.25) is 0 Å². The first-order valence-corrected chi connectivity index (χ1v) is 9.24. The van der Waals surface area contributed by atoms with Crippen LogP contribution in [0, 0.1) is 11.8 Å². The molecular weight excluding hydrogens is 356 g/mol. The third kappa shape index (κ3) is 4.22. The van der Waals surface area contributed by atoms with Gasteiger partial charge in [-0.3, -0.25) is 14.4 Å². The second-order valence-electron chi connectivity index (χ2n) is 7.85. The summed E-state index contributed by atoms with van der Waals surface area (Å²) in [6, 6.07) is 13.5. The summed E-state index contributed by atoms with van der Waals surface area (Å²) in [5, 5.41) is 14.9. The highest BCUT2D eigenvalue weighted by Gasteiger charge is 2.39. The van der Waals surface area contributed by atoms with Gasteiger partial charge in [0.1, 0.15) is 0 Å². The standard InChI is InChI=1S/C22H24N2O4/c1-13-12-18(13)20(26)24-16-8-4-14(5-9-16)19(25)23-17-10-6-15(7-11-17)22(2,3)21(27)28/h4-11,13,18H,12H2,1-3H3,(H,23,25)(H,24,26)(H,27,28). The molecule has 28 heavy (non-hydrogen) atoms. The van der Waals surface area contributed by atoms with Crippen molar-refractivity contribution in [2.45, 2.75) is 32.6 Å². The van der Waals surface area contributed by atoms with E-state index in [1.54, 1.807) is 62.4 Å². The predicted octanol–water partition coefficient (Wildman–Crippen LogP) is 3.90. The highest BCUT2D eigenvalue weighted by atomic mass is 16.4. The fourth-order valence-electron chi connectivity index (χ4n) is 2.92. The third-order valence-corrected chi connectivity index (χ3v) is 5.26. The van der Waals surface area contributed by atoms with E-state index in [0.717, 1.165) is 6.42 Å². The van der Waals surface area contributed by atoms with Crippen molar-refractivity contribution in [2.24, 2.45) is 11.8 Å². The molecule has 0 aliphatic heterocycles. The Morgan fingerprint density at radius 2 is 1.43 bits per heavy atom. The zero-order valence-corrected chi connectivity index (χ0v) is 16.2. The Balaban J connectivity index is 1.61. The number of nitrogens with one attached hydrogen (secondary N) is 2. The monoisotopic (exact) mass is 380 g/mol. The molecule has 2 unspecified atom stereocenters. The second kappa shape index (κ2) is 7.46. The van der Waals surface area contributed by atoms with Gasteiger partial charge in [-0.15, -0.1) is 0 Å². The number of carbonyl (C=O) groups is 3. The molecule has 1 aliphatic rings. The molecule has 2 aromatic carbocycles. The molecule has 3 N–H and O–H groups in total. The van der Waals surface area contributed by atoms with Crippen LogP contribution in [-0.4, -0.2) is 22.9 Å². The molecule has 3 rings (SSSR count). The van der Waals surface area contributed by atoms with Crippen LogP contribution < -0.4 is 10.6 Å².